The molecule has 0 aliphatic heterocycles. The highest BCUT2D eigenvalue weighted by Crippen LogP contribution is 2.22. The first-order chi connectivity index (χ1) is 22.0. The number of ether oxygens (including phenoxy) is 2. The molecule has 0 aliphatic rings. The van der Waals surface area contributed by atoms with E-state index in [1.807, 2.05) is 0 Å². The van der Waals surface area contributed by atoms with E-state index < -0.39 is 54.5 Å². The Morgan fingerprint density at radius 3 is 2.07 bits per heavy atom. The average molecular weight is 636 g/mol. The third-order valence-electron chi connectivity index (χ3n) is 6.74. The number of esters is 1. The third kappa shape index (κ3) is 8.68. The number of rotatable bonds is 11. The first-order valence-corrected chi connectivity index (χ1v) is 13.8. The van der Waals surface area contributed by atoms with Gasteiger partial charge in [0, 0.05) is 6.42 Å². The summed E-state index contributed by atoms with van der Waals surface area (Å²) in [5.74, 6) is -3.71. The van der Waals surface area contributed by atoms with E-state index in [1.54, 1.807) is 60.7 Å². The summed E-state index contributed by atoms with van der Waals surface area (Å²) in [5.41, 5.74) is 0.832. The van der Waals surface area contributed by atoms with Crippen molar-refractivity contribution in [3.05, 3.63) is 124 Å². The van der Waals surface area contributed by atoms with Crippen molar-refractivity contribution in [3.63, 3.8) is 0 Å². The monoisotopic (exact) mass is 635 g/mol. The van der Waals surface area contributed by atoms with Gasteiger partial charge in [-0.25, -0.2) is 9.59 Å². The number of alkyl halides is 3. The van der Waals surface area contributed by atoms with Gasteiger partial charge in [-0.3, -0.25) is 24.3 Å². The lowest BCUT2D eigenvalue weighted by atomic mass is 10.0. The molecule has 13 heteroatoms. The minimum Gasteiger partial charge on any atom is -0.465 e. The number of hydrogen-bond donors (Lipinski definition) is 2. The lowest BCUT2D eigenvalue weighted by molar-refractivity contribution is -0.173. The molecule has 1 aromatic heterocycles. The van der Waals surface area contributed by atoms with E-state index in [9.17, 15) is 37.1 Å². The highest BCUT2D eigenvalue weighted by Gasteiger charge is 2.44. The summed E-state index contributed by atoms with van der Waals surface area (Å²) in [6.45, 7) is -0.974. The Kier molecular flexibility index (Phi) is 10.7. The minimum atomic E-state index is -5.22. The molecule has 0 saturated carbocycles. The molecule has 4 aromatic rings. The van der Waals surface area contributed by atoms with Crippen molar-refractivity contribution in [2.24, 2.45) is 0 Å². The van der Waals surface area contributed by atoms with Crippen LogP contribution in [-0.4, -0.2) is 47.6 Å². The van der Waals surface area contributed by atoms with E-state index in [0.717, 1.165) is 4.57 Å². The predicted octanol–water partition coefficient (Wildman–Crippen LogP) is 4.91. The van der Waals surface area contributed by atoms with E-state index in [1.165, 1.54) is 43.5 Å². The maximum absolute atomic E-state index is 13.5. The smallest absolute Gasteiger partial charge is 0.452 e. The lowest BCUT2D eigenvalue weighted by Crippen LogP contribution is -2.49. The summed E-state index contributed by atoms with van der Waals surface area (Å²) in [6.07, 6.45) is -6.65. The Morgan fingerprint density at radius 1 is 0.826 bits per heavy atom. The van der Waals surface area contributed by atoms with Crippen molar-refractivity contribution < 1.29 is 41.8 Å². The van der Waals surface area contributed by atoms with Crippen LogP contribution in [-0.2, 0) is 38.6 Å². The van der Waals surface area contributed by atoms with Gasteiger partial charge in [-0.2, -0.15) is 13.2 Å². The molecular formula is C33H28F3N3O7. The van der Waals surface area contributed by atoms with E-state index in [0.29, 0.717) is 22.3 Å². The van der Waals surface area contributed by atoms with Crippen molar-refractivity contribution >= 4 is 29.4 Å². The van der Waals surface area contributed by atoms with Gasteiger partial charge >= 0.3 is 18.2 Å². The maximum atomic E-state index is 13.5. The molecule has 238 valence electrons. The number of nitrogens with zero attached hydrogens (tertiary/aromatic N) is 1. The summed E-state index contributed by atoms with van der Waals surface area (Å²) in [7, 11) is 1.24. The largest absolute Gasteiger partial charge is 0.465 e. The minimum absolute atomic E-state index is 0.206. The lowest BCUT2D eigenvalue weighted by Gasteiger charge is -2.21. The number of anilines is 1. The normalized spacial score (nSPS) is 11.7. The number of amides is 2. The van der Waals surface area contributed by atoms with Gasteiger partial charge in [0.25, 0.3) is 11.3 Å². The van der Waals surface area contributed by atoms with Gasteiger partial charge in [-0.1, -0.05) is 72.8 Å². The van der Waals surface area contributed by atoms with Crippen LogP contribution in [0.2, 0.25) is 0 Å². The molecule has 1 unspecified atom stereocenters. The van der Waals surface area contributed by atoms with Crippen LogP contribution in [0.1, 0.15) is 21.5 Å². The molecule has 0 fully saturated rings. The highest BCUT2D eigenvalue weighted by molar-refractivity contribution is 5.93. The molecule has 3 aromatic carbocycles. The predicted molar refractivity (Wildman–Crippen MR) is 161 cm³/mol. The fraction of sp³-hybridized carbons (Fsp3) is 0.182. The standard InChI is InChI=1S/C33H28F3N3O7/c1-45-31(43)24-14-12-22(13-15-24)20-46-32(44)38-25-16-17-27(23-10-6-3-7-11-23)39(30(25)42)19-28(40)37-26(29(41)33(34,35)36)18-21-8-4-2-5-9-21/h2-17,26H,18-20H2,1H3,(H,37,40)(H,38,44). The Balaban J connectivity index is 1.55. The molecule has 46 heavy (non-hydrogen) atoms. The molecule has 10 nitrogen and oxygen atoms in total. The number of ketones is 1. The van der Waals surface area contributed by atoms with Crippen LogP contribution in [0.5, 0.6) is 0 Å². The third-order valence-corrected chi connectivity index (χ3v) is 6.74. The topological polar surface area (TPSA) is 133 Å². The highest BCUT2D eigenvalue weighted by atomic mass is 19.4. The van der Waals surface area contributed by atoms with Gasteiger partial charge in [-0.05, 0) is 41.0 Å². The van der Waals surface area contributed by atoms with Crippen molar-refractivity contribution in [1.29, 1.82) is 0 Å². The van der Waals surface area contributed by atoms with Gasteiger partial charge in [0.15, 0.2) is 0 Å². The van der Waals surface area contributed by atoms with E-state index in [4.69, 9.17) is 4.74 Å². The molecule has 2 amide bonds. The summed E-state index contributed by atoms with van der Waals surface area (Å²) in [4.78, 5) is 63.0. The Morgan fingerprint density at radius 2 is 1.46 bits per heavy atom. The number of benzene rings is 3. The Bertz CT molecular complexity index is 1760. The van der Waals surface area contributed by atoms with Crippen LogP contribution in [0.3, 0.4) is 0 Å². The Hall–Kier alpha value is -5.72. The molecule has 1 heterocycles. The average Bonchev–Trinajstić information content (AvgIpc) is 3.05. The number of carbonyl (C=O) groups excluding carboxylic acids is 4. The molecule has 0 saturated heterocycles. The van der Waals surface area contributed by atoms with Crippen molar-refractivity contribution in [2.75, 3.05) is 12.4 Å². The summed E-state index contributed by atoms with van der Waals surface area (Å²) < 4.78 is 51.0. The maximum Gasteiger partial charge on any atom is 0.452 e. The van der Waals surface area contributed by atoms with E-state index in [2.05, 4.69) is 15.4 Å². The molecule has 0 bridgehead atoms. The van der Waals surface area contributed by atoms with Gasteiger partial charge < -0.3 is 14.8 Å². The first kappa shape index (κ1) is 33.2. The fourth-order valence-electron chi connectivity index (χ4n) is 4.48. The van der Waals surface area contributed by atoms with Gasteiger partial charge in [0.2, 0.25) is 5.91 Å². The summed E-state index contributed by atoms with van der Waals surface area (Å²) >= 11 is 0. The van der Waals surface area contributed by atoms with Gasteiger partial charge in [0.05, 0.1) is 18.4 Å². The number of Topliss-reactive ketones (excluding diaryl/α,β-unsaturated/α-hetero) is 1. The molecule has 0 aliphatic carbocycles. The molecule has 2 N–H and O–H groups in total. The molecule has 4 rings (SSSR count). The fourth-order valence-corrected chi connectivity index (χ4v) is 4.48. The molecule has 0 radical (unpaired) electrons. The van der Waals surface area contributed by atoms with E-state index >= 15 is 0 Å². The second-order valence-electron chi connectivity index (χ2n) is 9.95. The van der Waals surface area contributed by atoms with E-state index in [-0.39, 0.29) is 18.0 Å². The number of nitrogens with one attached hydrogen (secondary N) is 2. The van der Waals surface area contributed by atoms with Crippen molar-refractivity contribution in [3.8, 4) is 11.3 Å². The molecule has 1 atom stereocenters. The Labute approximate surface area is 260 Å². The van der Waals surface area contributed by atoms with Gasteiger partial charge in [-0.15, -0.1) is 0 Å². The molecular weight excluding hydrogens is 607 g/mol. The van der Waals surface area contributed by atoms with Crippen LogP contribution < -0.4 is 16.2 Å². The summed E-state index contributed by atoms with van der Waals surface area (Å²) in [5, 5.41) is 4.45. The number of pyridine rings is 1. The summed E-state index contributed by atoms with van der Waals surface area (Å²) in [6, 6.07) is 23.2. The second kappa shape index (κ2) is 14.8. The van der Waals surface area contributed by atoms with Crippen LogP contribution in [0, 0.1) is 0 Å². The SMILES string of the molecule is COC(=O)c1ccc(COC(=O)Nc2ccc(-c3ccccc3)n(CC(=O)NC(Cc3ccccc3)C(=O)C(F)(F)F)c2=O)cc1. The second-order valence-corrected chi connectivity index (χ2v) is 9.95. The van der Waals surface area contributed by atoms with Crippen LogP contribution in [0.4, 0.5) is 23.7 Å². The van der Waals surface area contributed by atoms with Gasteiger partial charge in [0.1, 0.15) is 24.9 Å². The number of hydrogen-bond acceptors (Lipinski definition) is 7. The zero-order chi connectivity index (χ0) is 33.3. The molecule has 0 spiro atoms. The quantitative estimate of drug-likeness (QED) is 0.224. The van der Waals surface area contributed by atoms with Crippen LogP contribution in [0.25, 0.3) is 11.3 Å². The number of aromatic nitrogens is 1. The number of halogens is 3. The zero-order valence-corrected chi connectivity index (χ0v) is 24.4. The van der Waals surface area contributed by atoms with Crippen LogP contribution >= 0.6 is 0 Å². The number of carbonyl (C=O) groups is 4. The van der Waals surface area contributed by atoms with Crippen LogP contribution in [0.15, 0.2) is 102 Å². The van der Waals surface area contributed by atoms with Crippen molar-refractivity contribution in [1.82, 2.24) is 9.88 Å². The zero-order valence-electron chi connectivity index (χ0n) is 24.4. The first-order valence-electron chi connectivity index (χ1n) is 13.8. The number of methoxy groups -OCH3 is 1. The van der Waals surface area contributed by atoms with Crippen molar-refractivity contribution in [2.45, 2.75) is 31.8 Å².